The normalized spacial score (nSPS) is 16.8. The lowest BCUT2D eigenvalue weighted by Gasteiger charge is -2.12. The Morgan fingerprint density at radius 2 is 2.20 bits per heavy atom. The summed E-state index contributed by atoms with van der Waals surface area (Å²) in [5.74, 6) is 0.254. The van der Waals surface area contributed by atoms with Gasteiger partial charge in [-0.15, -0.1) is 11.3 Å². The predicted molar refractivity (Wildman–Crippen MR) is 84.9 cm³/mol. The minimum atomic E-state index is 0.0839. The van der Waals surface area contributed by atoms with Crippen molar-refractivity contribution in [2.75, 3.05) is 0 Å². The van der Waals surface area contributed by atoms with Crippen molar-refractivity contribution in [2.45, 2.75) is 65.0 Å². The number of rotatable bonds is 7. The van der Waals surface area contributed by atoms with E-state index in [2.05, 4.69) is 11.4 Å². The van der Waals surface area contributed by atoms with Crippen LogP contribution < -0.4 is 11.1 Å². The molecule has 3 nitrogen and oxygen atoms in total. The monoisotopic (exact) mass is 294 g/mol. The van der Waals surface area contributed by atoms with Crippen LogP contribution in [0.25, 0.3) is 0 Å². The predicted octanol–water partition coefficient (Wildman–Crippen LogP) is 3.01. The average molecular weight is 294 g/mol. The van der Waals surface area contributed by atoms with Crippen LogP contribution in [0.3, 0.4) is 0 Å². The van der Waals surface area contributed by atoms with Gasteiger partial charge < -0.3 is 11.1 Å². The number of thiophene rings is 1. The number of carbonyl (C=O) groups is 1. The summed E-state index contributed by atoms with van der Waals surface area (Å²) in [4.78, 5) is 14.9. The Kier molecular flexibility index (Phi) is 5.61. The number of aryl methyl sites for hydroxylation is 2. The molecule has 0 aromatic carbocycles. The smallest absolute Gasteiger partial charge is 0.223 e. The molecule has 2 atom stereocenters. The topological polar surface area (TPSA) is 55.1 Å². The highest BCUT2D eigenvalue weighted by Crippen LogP contribution is 2.30. The van der Waals surface area contributed by atoms with Gasteiger partial charge >= 0.3 is 0 Å². The fraction of sp³-hybridized carbons (Fsp3) is 0.688. The molecule has 3 N–H and O–H groups in total. The maximum atomic E-state index is 12.0. The summed E-state index contributed by atoms with van der Waals surface area (Å²) in [6.07, 6.45) is 6.68. The summed E-state index contributed by atoms with van der Waals surface area (Å²) in [7, 11) is 0. The van der Waals surface area contributed by atoms with E-state index in [1.807, 2.05) is 25.2 Å². The SMILES string of the molecule is CC(N)CCCC(C)C(=O)NCc1cc2c(s1)CCC2. The molecule has 1 aromatic heterocycles. The molecular weight excluding hydrogens is 268 g/mol. The van der Waals surface area contributed by atoms with Crippen LogP contribution in [-0.2, 0) is 24.2 Å². The van der Waals surface area contributed by atoms with Crippen molar-refractivity contribution in [3.63, 3.8) is 0 Å². The van der Waals surface area contributed by atoms with Gasteiger partial charge in [-0.1, -0.05) is 13.3 Å². The first-order valence-corrected chi connectivity index (χ1v) is 8.51. The van der Waals surface area contributed by atoms with Crippen LogP contribution in [0.15, 0.2) is 6.07 Å². The van der Waals surface area contributed by atoms with E-state index in [-0.39, 0.29) is 17.9 Å². The van der Waals surface area contributed by atoms with Crippen molar-refractivity contribution in [3.05, 3.63) is 21.4 Å². The lowest BCUT2D eigenvalue weighted by molar-refractivity contribution is -0.124. The Morgan fingerprint density at radius 1 is 1.40 bits per heavy atom. The van der Waals surface area contributed by atoms with Gasteiger partial charge in [-0.3, -0.25) is 4.79 Å². The van der Waals surface area contributed by atoms with E-state index in [9.17, 15) is 4.79 Å². The maximum Gasteiger partial charge on any atom is 0.223 e. The first-order valence-electron chi connectivity index (χ1n) is 7.70. The third-order valence-electron chi connectivity index (χ3n) is 3.98. The van der Waals surface area contributed by atoms with Gasteiger partial charge in [0, 0.05) is 21.7 Å². The number of fused-ring (bicyclic) bond motifs is 1. The van der Waals surface area contributed by atoms with Crippen molar-refractivity contribution in [3.8, 4) is 0 Å². The summed E-state index contributed by atoms with van der Waals surface area (Å²) in [5.41, 5.74) is 7.23. The summed E-state index contributed by atoms with van der Waals surface area (Å²) in [6.45, 7) is 4.71. The van der Waals surface area contributed by atoms with Crippen molar-refractivity contribution in [1.29, 1.82) is 0 Å². The van der Waals surface area contributed by atoms with Gasteiger partial charge in [0.15, 0.2) is 0 Å². The van der Waals surface area contributed by atoms with Crippen LogP contribution in [0.2, 0.25) is 0 Å². The lowest BCUT2D eigenvalue weighted by atomic mass is 10.0. The molecule has 4 heteroatoms. The first-order chi connectivity index (χ1) is 9.56. The van der Waals surface area contributed by atoms with Gasteiger partial charge in [-0.25, -0.2) is 0 Å². The Morgan fingerprint density at radius 3 is 2.90 bits per heavy atom. The van der Waals surface area contributed by atoms with E-state index in [1.165, 1.54) is 34.6 Å². The molecule has 0 aliphatic heterocycles. The highest BCUT2D eigenvalue weighted by atomic mass is 32.1. The zero-order chi connectivity index (χ0) is 14.5. The molecule has 0 saturated carbocycles. The Bertz CT molecular complexity index is 432. The molecule has 1 heterocycles. The van der Waals surface area contributed by atoms with Crippen molar-refractivity contribution in [2.24, 2.45) is 11.7 Å². The van der Waals surface area contributed by atoms with E-state index in [0.29, 0.717) is 6.54 Å². The highest BCUT2D eigenvalue weighted by Gasteiger charge is 2.16. The number of nitrogens with two attached hydrogens (primary N) is 1. The summed E-state index contributed by atoms with van der Waals surface area (Å²) >= 11 is 1.87. The van der Waals surface area contributed by atoms with Crippen LogP contribution in [0.1, 0.15) is 54.8 Å². The van der Waals surface area contributed by atoms with Gasteiger partial charge in [-0.05, 0) is 50.7 Å². The lowest BCUT2D eigenvalue weighted by Crippen LogP contribution is -2.28. The molecular formula is C16H26N2OS. The first kappa shape index (κ1) is 15.5. The van der Waals surface area contributed by atoms with Gasteiger partial charge in [0.1, 0.15) is 0 Å². The number of hydrogen-bond acceptors (Lipinski definition) is 3. The number of amides is 1. The van der Waals surface area contributed by atoms with E-state index >= 15 is 0 Å². The van der Waals surface area contributed by atoms with E-state index in [4.69, 9.17) is 5.73 Å². The molecule has 1 aromatic rings. The Balaban J connectivity index is 1.71. The molecule has 1 aliphatic rings. The summed E-state index contributed by atoms with van der Waals surface area (Å²) in [6, 6.07) is 2.51. The zero-order valence-electron chi connectivity index (χ0n) is 12.6. The number of hydrogen-bond donors (Lipinski definition) is 2. The molecule has 0 fully saturated rings. The second-order valence-corrected chi connectivity index (χ2v) is 7.26. The Labute approximate surface area is 125 Å². The van der Waals surface area contributed by atoms with Gasteiger partial charge in [0.05, 0.1) is 6.54 Å². The van der Waals surface area contributed by atoms with E-state index < -0.39 is 0 Å². The minimum absolute atomic E-state index is 0.0839. The van der Waals surface area contributed by atoms with Gasteiger partial charge in [0.25, 0.3) is 0 Å². The molecule has 2 unspecified atom stereocenters. The third-order valence-corrected chi connectivity index (χ3v) is 5.22. The quantitative estimate of drug-likeness (QED) is 0.812. The summed E-state index contributed by atoms with van der Waals surface area (Å²) in [5, 5.41) is 3.07. The molecule has 1 amide bonds. The molecule has 112 valence electrons. The fourth-order valence-corrected chi connectivity index (χ4v) is 3.90. The van der Waals surface area contributed by atoms with Crippen molar-refractivity contribution >= 4 is 17.2 Å². The minimum Gasteiger partial charge on any atom is -0.351 e. The second kappa shape index (κ2) is 7.23. The van der Waals surface area contributed by atoms with Crippen LogP contribution in [0.5, 0.6) is 0 Å². The summed E-state index contributed by atoms with van der Waals surface area (Å²) < 4.78 is 0. The number of carbonyl (C=O) groups excluding carboxylic acids is 1. The number of nitrogens with one attached hydrogen (secondary N) is 1. The molecule has 20 heavy (non-hydrogen) atoms. The van der Waals surface area contributed by atoms with Gasteiger partial charge in [-0.2, -0.15) is 0 Å². The zero-order valence-corrected chi connectivity index (χ0v) is 13.4. The Hall–Kier alpha value is -0.870. The van der Waals surface area contributed by atoms with Crippen LogP contribution >= 0.6 is 11.3 Å². The average Bonchev–Trinajstić information content (AvgIpc) is 2.95. The van der Waals surface area contributed by atoms with Gasteiger partial charge in [0.2, 0.25) is 5.91 Å². The van der Waals surface area contributed by atoms with Crippen LogP contribution in [-0.4, -0.2) is 11.9 Å². The second-order valence-electron chi connectivity index (χ2n) is 6.04. The molecule has 0 bridgehead atoms. The molecule has 0 radical (unpaired) electrons. The molecule has 0 saturated heterocycles. The van der Waals surface area contributed by atoms with Crippen molar-refractivity contribution < 1.29 is 4.79 Å². The fourth-order valence-electron chi connectivity index (χ4n) is 2.70. The maximum absolute atomic E-state index is 12.0. The standard InChI is InChI=1S/C16H26N2OS/c1-11(5-3-6-12(2)17)16(19)18-10-14-9-13-7-4-8-15(13)20-14/h9,11-12H,3-8,10,17H2,1-2H3,(H,18,19). The van der Waals surface area contributed by atoms with Crippen LogP contribution in [0, 0.1) is 5.92 Å². The highest BCUT2D eigenvalue weighted by molar-refractivity contribution is 7.12. The molecule has 1 aliphatic carbocycles. The molecule has 0 spiro atoms. The van der Waals surface area contributed by atoms with E-state index in [1.54, 1.807) is 0 Å². The van der Waals surface area contributed by atoms with Crippen LogP contribution in [0.4, 0.5) is 0 Å². The third kappa shape index (κ3) is 4.32. The van der Waals surface area contributed by atoms with E-state index in [0.717, 1.165) is 19.3 Å². The largest absolute Gasteiger partial charge is 0.351 e. The van der Waals surface area contributed by atoms with Crippen molar-refractivity contribution in [1.82, 2.24) is 5.32 Å². The molecule has 2 rings (SSSR count).